The van der Waals surface area contributed by atoms with E-state index in [2.05, 4.69) is 19.9 Å². The largest absolute Gasteiger partial charge is 0.128 e. The Labute approximate surface area is 53.7 Å². The van der Waals surface area contributed by atoms with Crippen LogP contribution in [-0.2, 0) is 0 Å². The van der Waals surface area contributed by atoms with Crippen LogP contribution >= 0.6 is 7.55 Å². The molecule has 0 aromatic carbocycles. The third kappa shape index (κ3) is 6.30. The molecule has 0 spiro atoms. The maximum absolute atomic E-state index is 4.01. The molecule has 1 heteroatoms. The van der Waals surface area contributed by atoms with Crippen LogP contribution in [0, 0.1) is 0 Å². The maximum atomic E-state index is 4.01. The summed E-state index contributed by atoms with van der Waals surface area (Å²) in [6.07, 6.45) is 9.56. The van der Waals surface area contributed by atoms with Crippen molar-refractivity contribution in [2.45, 2.75) is 26.2 Å². The Morgan fingerprint density at radius 1 is 1.38 bits per heavy atom. The zero-order valence-corrected chi connectivity index (χ0v) is 7.04. The summed E-state index contributed by atoms with van der Waals surface area (Å²) in [5.74, 6) is 0. The molecule has 0 rings (SSSR count). The van der Waals surface area contributed by atoms with Crippen molar-refractivity contribution in [1.29, 1.82) is 0 Å². The Balaban J connectivity index is 2.82. The van der Waals surface area contributed by atoms with Gasteiger partial charge in [-0.15, -0.1) is 13.8 Å². The third-order valence-electron chi connectivity index (χ3n) is 1.21. The van der Waals surface area contributed by atoms with E-state index in [1.165, 1.54) is 25.4 Å². The number of hydrogen-bond acceptors (Lipinski definition) is 0. The summed E-state index contributed by atoms with van der Waals surface area (Å²) >= 11 is 0. The van der Waals surface area contributed by atoms with Crippen LogP contribution in [0.1, 0.15) is 26.2 Å². The van der Waals surface area contributed by atoms with Crippen molar-refractivity contribution in [3.63, 3.8) is 0 Å². The summed E-state index contributed by atoms with van der Waals surface area (Å²) < 4.78 is 0. The quantitative estimate of drug-likeness (QED) is 0.407. The molecule has 0 aliphatic rings. The van der Waals surface area contributed by atoms with Gasteiger partial charge in [0.25, 0.3) is 0 Å². The summed E-state index contributed by atoms with van der Waals surface area (Å²) in [5, 5.41) is 0. The highest BCUT2D eigenvalue weighted by molar-refractivity contribution is 7.54. The molecule has 0 bridgehead atoms. The van der Waals surface area contributed by atoms with E-state index in [1.807, 2.05) is 0 Å². The minimum atomic E-state index is -0.157. The van der Waals surface area contributed by atoms with E-state index in [1.54, 1.807) is 0 Å². The topological polar surface area (TPSA) is 0 Å². The molecule has 0 aliphatic heterocycles. The van der Waals surface area contributed by atoms with Gasteiger partial charge in [-0.2, -0.15) is 0 Å². The van der Waals surface area contributed by atoms with Gasteiger partial charge >= 0.3 is 0 Å². The molecule has 8 heavy (non-hydrogen) atoms. The average Bonchev–Trinajstić information content (AvgIpc) is 1.66. The predicted octanol–water partition coefficient (Wildman–Crippen LogP) is 2.45. The van der Waals surface area contributed by atoms with Crippen molar-refractivity contribution >= 4 is 13.8 Å². The molecule has 50 valence electrons. The zero-order valence-electron chi connectivity index (χ0n) is 6.04. The van der Waals surface area contributed by atoms with Gasteiger partial charge in [-0.05, 0) is 19.2 Å². The van der Waals surface area contributed by atoms with Gasteiger partial charge in [0.05, 0.1) is 0 Å². The fourth-order valence-corrected chi connectivity index (χ4v) is 1.53. The minimum absolute atomic E-state index is 0.157. The molecule has 0 saturated carbocycles. The Kier molecular flexibility index (Phi) is 5.64. The van der Waals surface area contributed by atoms with Gasteiger partial charge in [0.15, 0.2) is 0 Å². The first-order valence-electron chi connectivity index (χ1n) is 3.41. The molecule has 0 aromatic heterocycles. The van der Waals surface area contributed by atoms with Crippen LogP contribution in [0.2, 0.25) is 0 Å². The zero-order chi connectivity index (χ0) is 6.41. The standard InChI is InChI=1S/C7H17P/c1-4-5-6-7-8(2)3/h8H,2,4-7H2,1,3H3. The molecule has 0 heterocycles. The van der Waals surface area contributed by atoms with Gasteiger partial charge in [0.1, 0.15) is 0 Å². The van der Waals surface area contributed by atoms with Crippen molar-refractivity contribution in [3.05, 3.63) is 0 Å². The summed E-state index contributed by atoms with van der Waals surface area (Å²) in [7, 11) is -0.157. The molecule has 0 aliphatic carbocycles. The lowest BCUT2D eigenvalue weighted by atomic mass is 10.3. The fraction of sp³-hybridized carbons (Fsp3) is 0.857. The van der Waals surface area contributed by atoms with Crippen LogP contribution in [0.3, 0.4) is 0 Å². The Morgan fingerprint density at radius 2 is 2.00 bits per heavy atom. The molecule has 0 amide bonds. The van der Waals surface area contributed by atoms with Crippen molar-refractivity contribution in [3.8, 4) is 0 Å². The molecule has 0 N–H and O–H groups in total. The first kappa shape index (κ1) is 8.30. The van der Waals surface area contributed by atoms with Gasteiger partial charge in [-0.25, -0.2) is 0 Å². The first-order chi connectivity index (χ1) is 3.77. The van der Waals surface area contributed by atoms with Gasteiger partial charge in [0, 0.05) is 0 Å². The Morgan fingerprint density at radius 3 is 2.38 bits per heavy atom. The fourth-order valence-electron chi connectivity index (χ4n) is 0.677. The van der Waals surface area contributed by atoms with E-state index in [0.717, 1.165) is 0 Å². The van der Waals surface area contributed by atoms with Gasteiger partial charge in [0.2, 0.25) is 0 Å². The van der Waals surface area contributed by atoms with Gasteiger partial charge < -0.3 is 0 Å². The molecule has 1 atom stereocenters. The lowest BCUT2D eigenvalue weighted by molar-refractivity contribution is 0.777. The first-order valence-corrected chi connectivity index (χ1v) is 5.83. The van der Waals surface area contributed by atoms with E-state index in [-0.39, 0.29) is 7.55 Å². The summed E-state index contributed by atoms with van der Waals surface area (Å²) in [4.78, 5) is 0. The highest BCUT2D eigenvalue weighted by Crippen LogP contribution is 2.15. The number of rotatable bonds is 4. The van der Waals surface area contributed by atoms with E-state index in [4.69, 9.17) is 0 Å². The lowest BCUT2D eigenvalue weighted by Crippen LogP contribution is -1.76. The SMILES string of the molecule is C=[PH](C)CCCCC. The van der Waals surface area contributed by atoms with Crippen LogP contribution in [0.25, 0.3) is 0 Å². The lowest BCUT2D eigenvalue weighted by Gasteiger charge is -1.95. The second-order valence-electron chi connectivity index (χ2n) is 2.41. The van der Waals surface area contributed by atoms with Gasteiger partial charge in [-0.3, -0.25) is 0 Å². The molecule has 0 aromatic rings. The smallest absolute Gasteiger partial charge is 0.0360 e. The van der Waals surface area contributed by atoms with E-state index in [0.29, 0.717) is 0 Å². The predicted molar refractivity (Wildman–Crippen MR) is 45.8 cm³/mol. The van der Waals surface area contributed by atoms with Crippen LogP contribution in [-0.4, -0.2) is 19.1 Å². The molecule has 0 fully saturated rings. The minimum Gasteiger partial charge on any atom is -0.128 e. The highest BCUT2D eigenvalue weighted by Gasteiger charge is 1.83. The van der Waals surface area contributed by atoms with Crippen LogP contribution in [0.15, 0.2) is 0 Å². The average molecular weight is 132 g/mol. The van der Waals surface area contributed by atoms with Crippen LogP contribution in [0.4, 0.5) is 0 Å². The van der Waals surface area contributed by atoms with Crippen molar-refractivity contribution in [1.82, 2.24) is 0 Å². The van der Waals surface area contributed by atoms with Crippen LogP contribution in [0.5, 0.6) is 0 Å². The summed E-state index contributed by atoms with van der Waals surface area (Å²) in [6, 6.07) is 0. The van der Waals surface area contributed by atoms with Crippen LogP contribution < -0.4 is 0 Å². The monoisotopic (exact) mass is 132 g/mol. The van der Waals surface area contributed by atoms with Gasteiger partial charge in [-0.1, -0.05) is 19.8 Å². The summed E-state index contributed by atoms with van der Waals surface area (Å²) in [5.41, 5.74) is 0. The van der Waals surface area contributed by atoms with E-state index < -0.39 is 0 Å². The number of unbranched alkanes of at least 4 members (excludes halogenated alkanes) is 2. The second kappa shape index (κ2) is 5.44. The highest BCUT2D eigenvalue weighted by atomic mass is 31.1. The van der Waals surface area contributed by atoms with E-state index in [9.17, 15) is 0 Å². The molecule has 0 saturated heterocycles. The van der Waals surface area contributed by atoms with Crippen molar-refractivity contribution in [2.75, 3.05) is 12.8 Å². The van der Waals surface area contributed by atoms with Crippen molar-refractivity contribution < 1.29 is 0 Å². The molecule has 1 unspecified atom stereocenters. The summed E-state index contributed by atoms with van der Waals surface area (Å²) in [6.45, 7) is 4.52. The van der Waals surface area contributed by atoms with E-state index >= 15 is 0 Å². The number of hydrogen-bond donors (Lipinski definition) is 0. The molecule has 0 nitrogen and oxygen atoms in total. The third-order valence-corrected chi connectivity index (χ3v) is 2.41. The Hall–Kier alpha value is 0.300. The maximum Gasteiger partial charge on any atom is -0.0360 e. The molecular weight excluding hydrogens is 115 g/mol. The second-order valence-corrected chi connectivity index (χ2v) is 4.83. The molecule has 0 radical (unpaired) electrons. The Bertz CT molecular complexity index is 66.8. The van der Waals surface area contributed by atoms with Crippen molar-refractivity contribution in [2.24, 2.45) is 0 Å². The molecular formula is C7H17P. The normalized spacial score (nSPS) is 13.8.